The van der Waals surface area contributed by atoms with Gasteiger partial charge in [-0.2, -0.15) is 0 Å². The number of nitrogens with two attached hydrogens (primary N) is 1. The van der Waals surface area contributed by atoms with Crippen LogP contribution in [0, 0.1) is 17.0 Å². The number of hydrogen-bond donors (Lipinski definition) is 3. The van der Waals surface area contributed by atoms with Crippen molar-refractivity contribution in [3.05, 3.63) is 28.4 Å². The van der Waals surface area contributed by atoms with E-state index >= 15 is 0 Å². The van der Waals surface area contributed by atoms with Crippen molar-refractivity contribution in [2.45, 2.75) is 39.3 Å². The Hall–Kier alpha value is -2.61. The molecule has 2 amide bonds. The van der Waals surface area contributed by atoms with Crippen LogP contribution in [0.25, 0.3) is 11.3 Å². The summed E-state index contributed by atoms with van der Waals surface area (Å²) in [7, 11) is -3.70. The molecule has 32 heavy (non-hydrogen) atoms. The van der Waals surface area contributed by atoms with E-state index in [1.54, 1.807) is 20.8 Å². The molecule has 0 saturated carbocycles. The number of carbonyl (C=O) groups excluding carboxylic acids is 2. The molecule has 1 fully saturated rings. The molecule has 14 heteroatoms. The molecule has 1 aliphatic heterocycles. The summed E-state index contributed by atoms with van der Waals surface area (Å²) in [6.45, 7) is 5.24. The summed E-state index contributed by atoms with van der Waals surface area (Å²) < 4.78 is 53.8. The molecule has 2 aromatic rings. The molecule has 2 heterocycles. The summed E-state index contributed by atoms with van der Waals surface area (Å²) in [6, 6.07) is -1.03. The maximum atomic E-state index is 14.2. The van der Waals surface area contributed by atoms with Crippen LogP contribution in [0.3, 0.4) is 0 Å². The van der Waals surface area contributed by atoms with E-state index in [0.717, 1.165) is 6.07 Å². The van der Waals surface area contributed by atoms with Crippen LogP contribution in [0.15, 0.2) is 16.7 Å². The first kappa shape index (κ1) is 24.0. The molecule has 174 valence electrons. The molecule has 1 aromatic carbocycles. The van der Waals surface area contributed by atoms with Crippen LogP contribution >= 0.6 is 15.9 Å². The summed E-state index contributed by atoms with van der Waals surface area (Å²) >= 11 is 2.77. The molecule has 10 nitrogen and oxygen atoms in total. The Morgan fingerprint density at radius 1 is 1.41 bits per heavy atom. The maximum Gasteiger partial charge on any atom is 0.256 e. The summed E-state index contributed by atoms with van der Waals surface area (Å²) in [5.74, 6) is -3.61. The van der Waals surface area contributed by atoms with E-state index in [-0.39, 0.29) is 29.1 Å². The van der Waals surface area contributed by atoms with E-state index in [1.165, 1.54) is 10.9 Å². The Kier molecular flexibility index (Phi) is 6.30. The normalized spacial score (nSPS) is 19.3. The van der Waals surface area contributed by atoms with Gasteiger partial charge in [-0.1, -0.05) is 26.0 Å². The molecule has 0 radical (unpaired) electrons. The third-order valence-electron chi connectivity index (χ3n) is 4.88. The Morgan fingerprint density at radius 3 is 2.66 bits per heavy atom. The van der Waals surface area contributed by atoms with Crippen LogP contribution in [-0.2, 0) is 19.6 Å². The van der Waals surface area contributed by atoms with Crippen molar-refractivity contribution in [2.24, 2.45) is 5.41 Å². The SMILES string of the molecule is CC(C)(C)C(C(=O)NC1CCS(=O)(=O)NC1=O)n1cc(-c2cc(F)c(Br)c(F)c2N)nn1. The average molecular weight is 535 g/mol. The van der Waals surface area contributed by atoms with Gasteiger partial charge in [0.2, 0.25) is 15.9 Å². The zero-order chi connectivity index (χ0) is 24.0. The van der Waals surface area contributed by atoms with E-state index in [2.05, 4.69) is 31.6 Å². The number of rotatable bonds is 4. The second-order valence-electron chi connectivity index (χ2n) is 8.43. The first-order chi connectivity index (χ1) is 14.7. The minimum Gasteiger partial charge on any atom is -0.396 e. The highest BCUT2D eigenvalue weighted by atomic mass is 79.9. The predicted octanol–water partition coefficient (Wildman–Crippen LogP) is 1.49. The fourth-order valence-electron chi connectivity index (χ4n) is 3.33. The highest BCUT2D eigenvalue weighted by Gasteiger charge is 2.38. The summed E-state index contributed by atoms with van der Waals surface area (Å²) in [5, 5.41) is 10.4. The quantitative estimate of drug-likeness (QED) is 0.397. The Balaban J connectivity index is 1.91. The van der Waals surface area contributed by atoms with Gasteiger partial charge in [0.25, 0.3) is 5.91 Å². The molecular formula is C18H21BrF2N6O4S. The van der Waals surface area contributed by atoms with Gasteiger partial charge < -0.3 is 11.1 Å². The lowest BCUT2D eigenvalue weighted by molar-refractivity contribution is -0.132. The second kappa shape index (κ2) is 8.39. The molecule has 1 saturated heterocycles. The number of hydrogen-bond acceptors (Lipinski definition) is 7. The Morgan fingerprint density at radius 2 is 2.06 bits per heavy atom. The molecule has 2 unspecified atom stereocenters. The summed E-state index contributed by atoms with van der Waals surface area (Å²) in [4.78, 5) is 25.1. The van der Waals surface area contributed by atoms with Crippen molar-refractivity contribution in [2.75, 3.05) is 11.5 Å². The number of nitrogens with one attached hydrogen (secondary N) is 2. The van der Waals surface area contributed by atoms with Crippen molar-refractivity contribution in [3.8, 4) is 11.3 Å². The van der Waals surface area contributed by atoms with Crippen LogP contribution in [0.5, 0.6) is 0 Å². The zero-order valence-electron chi connectivity index (χ0n) is 17.3. The molecule has 1 aromatic heterocycles. The van der Waals surface area contributed by atoms with Gasteiger partial charge in [0.05, 0.1) is 22.1 Å². The number of carbonyl (C=O) groups is 2. The van der Waals surface area contributed by atoms with Crippen molar-refractivity contribution in [1.29, 1.82) is 0 Å². The third kappa shape index (κ3) is 4.75. The van der Waals surface area contributed by atoms with Crippen LogP contribution in [-0.4, -0.2) is 47.0 Å². The lowest BCUT2D eigenvalue weighted by Crippen LogP contribution is -2.55. The maximum absolute atomic E-state index is 14.2. The summed E-state index contributed by atoms with van der Waals surface area (Å²) in [6.07, 6.45) is 1.24. The fraction of sp³-hybridized carbons (Fsp3) is 0.444. The van der Waals surface area contributed by atoms with Gasteiger partial charge in [-0.05, 0) is 33.8 Å². The molecular weight excluding hydrogens is 514 g/mol. The number of aromatic nitrogens is 3. The number of amides is 2. The van der Waals surface area contributed by atoms with E-state index in [0.29, 0.717) is 0 Å². The van der Waals surface area contributed by atoms with Crippen molar-refractivity contribution in [3.63, 3.8) is 0 Å². The van der Waals surface area contributed by atoms with E-state index < -0.39 is 55.4 Å². The second-order valence-corrected chi connectivity index (χ2v) is 11.1. The molecule has 3 rings (SSSR count). The topological polar surface area (TPSA) is 149 Å². The van der Waals surface area contributed by atoms with Crippen LogP contribution in [0.4, 0.5) is 14.5 Å². The minimum atomic E-state index is -3.70. The zero-order valence-corrected chi connectivity index (χ0v) is 19.7. The minimum absolute atomic E-state index is 0.0383. The van der Waals surface area contributed by atoms with Gasteiger partial charge in [-0.15, -0.1) is 5.10 Å². The molecule has 0 spiro atoms. The van der Waals surface area contributed by atoms with Crippen LogP contribution < -0.4 is 15.8 Å². The highest BCUT2D eigenvalue weighted by molar-refractivity contribution is 9.10. The highest BCUT2D eigenvalue weighted by Crippen LogP contribution is 2.35. The van der Waals surface area contributed by atoms with Crippen molar-refractivity contribution in [1.82, 2.24) is 25.0 Å². The molecule has 1 aliphatic rings. The summed E-state index contributed by atoms with van der Waals surface area (Å²) in [5.41, 5.74) is 4.68. The van der Waals surface area contributed by atoms with Gasteiger partial charge in [0.1, 0.15) is 23.6 Å². The first-order valence-corrected chi connectivity index (χ1v) is 11.9. The predicted molar refractivity (Wildman–Crippen MR) is 114 cm³/mol. The van der Waals surface area contributed by atoms with Gasteiger partial charge >= 0.3 is 0 Å². The average Bonchev–Trinajstić information content (AvgIpc) is 3.12. The van der Waals surface area contributed by atoms with E-state index in [9.17, 15) is 26.8 Å². The number of anilines is 1. The van der Waals surface area contributed by atoms with Gasteiger partial charge in [0.15, 0.2) is 5.82 Å². The number of nitrogen functional groups attached to an aromatic ring is 1. The van der Waals surface area contributed by atoms with Crippen LogP contribution in [0.1, 0.15) is 33.2 Å². The number of nitrogens with zero attached hydrogens (tertiary/aromatic N) is 3. The largest absolute Gasteiger partial charge is 0.396 e. The number of benzene rings is 1. The van der Waals surface area contributed by atoms with Crippen molar-refractivity contribution < 1.29 is 26.8 Å². The van der Waals surface area contributed by atoms with Crippen molar-refractivity contribution >= 4 is 43.5 Å². The fourth-order valence-corrected chi connectivity index (χ4v) is 4.75. The number of halogens is 3. The first-order valence-electron chi connectivity index (χ1n) is 9.41. The molecule has 4 N–H and O–H groups in total. The number of sulfonamides is 1. The van der Waals surface area contributed by atoms with Gasteiger partial charge in [-0.25, -0.2) is 21.9 Å². The Labute approximate surface area is 191 Å². The smallest absolute Gasteiger partial charge is 0.256 e. The monoisotopic (exact) mass is 534 g/mol. The van der Waals surface area contributed by atoms with E-state index in [4.69, 9.17) is 5.73 Å². The van der Waals surface area contributed by atoms with Gasteiger partial charge in [0, 0.05) is 5.56 Å². The molecule has 2 atom stereocenters. The van der Waals surface area contributed by atoms with Gasteiger partial charge in [-0.3, -0.25) is 14.3 Å². The van der Waals surface area contributed by atoms with Crippen LogP contribution in [0.2, 0.25) is 0 Å². The Bertz CT molecular complexity index is 1190. The van der Waals surface area contributed by atoms with E-state index in [1.807, 2.05) is 4.72 Å². The lowest BCUT2D eigenvalue weighted by Gasteiger charge is -2.31. The third-order valence-corrected chi connectivity index (χ3v) is 6.90. The lowest BCUT2D eigenvalue weighted by atomic mass is 9.86. The molecule has 0 bridgehead atoms. The molecule has 0 aliphatic carbocycles. The standard InChI is InChI=1S/C18H21BrF2N6O4S/c1-18(2,3)15(17(29)23-10-4-5-32(30,31)25-16(10)28)27-7-11(24-26-27)8-6-9(20)12(19)13(21)14(8)22/h6-7,10,15H,4-5,22H2,1-3H3,(H,23,29)(H,25,28).